The maximum absolute atomic E-state index is 13.1. The molecule has 0 N–H and O–H groups in total. The summed E-state index contributed by atoms with van der Waals surface area (Å²) < 4.78 is 36.2. The topological polar surface area (TPSA) is 81.0 Å². The molecule has 1 aromatic heterocycles. The van der Waals surface area contributed by atoms with Gasteiger partial charge in [0.15, 0.2) is 4.80 Å². The fourth-order valence-corrected chi connectivity index (χ4v) is 7.30. The Labute approximate surface area is 198 Å². The van der Waals surface area contributed by atoms with Gasteiger partial charge in [0.2, 0.25) is 10.0 Å². The van der Waals surface area contributed by atoms with Gasteiger partial charge >= 0.3 is 0 Å². The molecule has 2 aromatic carbocycles. The maximum Gasteiger partial charge on any atom is 0.279 e. The number of aromatic nitrogens is 1. The van der Waals surface area contributed by atoms with Crippen molar-refractivity contribution in [1.82, 2.24) is 8.87 Å². The Balaban J connectivity index is 1.64. The van der Waals surface area contributed by atoms with E-state index in [0.717, 1.165) is 22.4 Å². The van der Waals surface area contributed by atoms with Crippen molar-refractivity contribution in [2.45, 2.75) is 38.6 Å². The molecule has 0 radical (unpaired) electrons. The van der Waals surface area contributed by atoms with Crippen molar-refractivity contribution < 1.29 is 17.9 Å². The number of sulfonamides is 1. The van der Waals surface area contributed by atoms with Crippen LogP contribution in [0.15, 0.2) is 52.4 Å². The van der Waals surface area contributed by atoms with Crippen LogP contribution in [0.1, 0.15) is 37.6 Å². The van der Waals surface area contributed by atoms with Crippen LogP contribution in [-0.2, 0) is 16.6 Å². The Bertz CT molecular complexity index is 1330. The molecule has 4 rings (SSSR count). The summed E-state index contributed by atoms with van der Waals surface area (Å²) in [6, 6.07) is 11.9. The average molecular weight is 488 g/mol. The predicted molar refractivity (Wildman–Crippen MR) is 130 cm³/mol. The third-order valence-electron chi connectivity index (χ3n) is 5.97. The summed E-state index contributed by atoms with van der Waals surface area (Å²) in [6.45, 7) is 7.83. The number of fused-ring (bicyclic) bond motifs is 1. The van der Waals surface area contributed by atoms with Gasteiger partial charge in [0, 0.05) is 25.2 Å². The summed E-state index contributed by atoms with van der Waals surface area (Å²) in [6.07, 6.45) is 1.03. The molecule has 0 spiro atoms. The highest BCUT2D eigenvalue weighted by atomic mass is 32.2. The molecule has 1 aliphatic heterocycles. The van der Waals surface area contributed by atoms with Gasteiger partial charge in [0.25, 0.3) is 5.91 Å². The minimum absolute atomic E-state index is 0.204. The van der Waals surface area contributed by atoms with Gasteiger partial charge < -0.3 is 9.30 Å². The van der Waals surface area contributed by atoms with Crippen molar-refractivity contribution in [3.8, 4) is 5.75 Å². The first-order valence-electron chi connectivity index (χ1n) is 11.1. The fourth-order valence-electron chi connectivity index (χ4n) is 4.51. The smallest absolute Gasteiger partial charge is 0.279 e. The van der Waals surface area contributed by atoms with E-state index in [9.17, 15) is 13.2 Å². The van der Waals surface area contributed by atoms with E-state index in [1.807, 2.05) is 29.7 Å². The monoisotopic (exact) mass is 487 g/mol. The molecule has 33 heavy (non-hydrogen) atoms. The lowest BCUT2D eigenvalue weighted by Gasteiger charge is -2.34. The van der Waals surface area contributed by atoms with Crippen LogP contribution in [0.4, 0.5) is 0 Å². The normalized spacial score (nSPS) is 20.3. The molecular formula is C24H29N3O4S2. The molecular weight excluding hydrogens is 458 g/mol. The Morgan fingerprint density at radius 1 is 1.12 bits per heavy atom. The zero-order valence-electron chi connectivity index (χ0n) is 19.3. The van der Waals surface area contributed by atoms with Crippen molar-refractivity contribution in [2.75, 3.05) is 20.2 Å². The maximum atomic E-state index is 13.1. The van der Waals surface area contributed by atoms with Crippen LogP contribution >= 0.6 is 11.3 Å². The minimum atomic E-state index is -3.59. The zero-order valence-corrected chi connectivity index (χ0v) is 20.9. The summed E-state index contributed by atoms with van der Waals surface area (Å²) in [7, 11) is -1.97. The van der Waals surface area contributed by atoms with Gasteiger partial charge in [-0.15, -0.1) is 0 Å². The van der Waals surface area contributed by atoms with E-state index in [0.29, 0.717) is 41.8 Å². The summed E-state index contributed by atoms with van der Waals surface area (Å²) in [5.74, 6) is 0.976. The highest BCUT2D eigenvalue weighted by Crippen LogP contribution is 2.28. The lowest BCUT2D eigenvalue weighted by atomic mass is 9.94. The number of benzene rings is 2. The minimum Gasteiger partial charge on any atom is -0.495 e. The van der Waals surface area contributed by atoms with Crippen LogP contribution in [0.3, 0.4) is 0 Å². The molecule has 9 heteroatoms. The number of rotatable bonds is 5. The molecule has 2 atom stereocenters. The van der Waals surface area contributed by atoms with Gasteiger partial charge in [-0.2, -0.15) is 9.30 Å². The standard InChI is InChI=1S/C24H29N3O4S2/c1-5-27-22-20(31-4)7-6-8-21(22)32-24(27)25-23(28)18-9-11-19(12-10-18)33(29,30)26-14-16(2)13-17(3)15-26/h6-12,16-17H,5,13-15H2,1-4H3/t16-,17-/m1/s1. The Kier molecular flexibility index (Phi) is 6.74. The van der Waals surface area contributed by atoms with Crippen LogP contribution in [0.2, 0.25) is 0 Å². The molecule has 1 saturated heterocycles. The van der Waals surface area contributed by atoms with E-state index in [2.05, 4.69) is 18.8 Å². The SMILES string of the molecule is CCn1c(=NC(=O)c2ccc(S(=O)(=O)N3C[C@H](C)C[C@@H](C)C3)cc2)sc2cccc(OC)c21. The molecule has 1 aliphatic rings. The lowest BCUT2D eigenvalue weighted by molar-refractivity contribution is 0.0997. The van der Waals surface area contributed by atoms with Crippen molar-refractivity contribution >= 4 is 37.5 Å². The molecule has 2 heterocycles. The van der Waals surface area contributed by atoms with E-state index in [-0.39, 0.29) is 4.90 Å². The molecule has 176 valence electrons. The predicted octanol–water partition coefficient (Wildman–Crippen LogP) is 4.14. The number of ether oxygens (including phenoxy) is 1. The quantitative estimate of drug-likeness (QED) is 0.542. The Morgan fingerprint density at radius 3 is 2.39 bits per heavy atom. The fraction of sp³-hybridized carbons (Fsp3) is 0.417. The molecule has 0 bridgehead atoms. The number of hydrogen-bond donors (Lipinski definition) is 0. The number of aryl methyl sites for hydroxylation is 1. The van der Waals surface area contributed by atoms with Crippen LogP contribution in [0.25, 0.3) is 10.2 Å². The summed E-state index contributed by atoms with van der Waals surface area (Å²) in [4.78, 5) is 18.0. The number of carbonyl (C=O) groups is 1. The number of thiazole rings is 1. The van der Waals surface area contributed by atoms with Gasteiger partial charge in [0.1, 0.15) is 11.3 Å². The van der Waals surface area contributed by atoms with Crippen molar-refractivity contribution in [2.24, 2.45) is 16.8 Å². The number of hydrogen-bond acceptors (Lipinski definition) is 5. The van der Waals surface area contributed by atoms with Gasteiger partial charge in [0.05, 0.1) is 16.7 Å². The number of nitrogens with zero attached hydrogens (tertiary/aromatic N) is 3. The zero-order chi connectivity index (χ0) is 23.8. The number of amides is 1. The van der Waals surface area contributed by atoms with Gasteiger partial charge in [-0.1, -0.05) is 31.3 Å². The number of para-hydroxylation sites is 1. The van der Waals surface area contributed by atoms with E-state index in [1.165, 1.54) is 23.5 Å². The average Bonchev–Trinajstić information content (AvgIpc) is 3.15. The molecule has 1 fully saturated rings. The van der Waals surface area contributed by atoms with Crippen LogP contribution in [-0.4, -0.2) is 43.4 Å². The highest BCUT2D eigenvalue weighted by Gasteiger charge is 2.31. The summed E-state index contributed by atoms with van der Waals surface area (Å²) >= 11 is 1.42. The highest BCUT2D eigenvalue weighted by molar-refractivity contribution is 7.89. The first-order chi connectivity index (χ1) is 15.7. The first-order valence-corrected chi connectivity index (χ1v) is 13.4. The van der Waals surface area contributed by atoms with Gasteiger partial charge in [-0.05, 0) is 61.6 Å². The van der Waals surface area contributed by atoms with Crippen LogP contribution in [0.5, 0.6) is 5.75 Å². The second kappa shape index (κ2) is 9.40. The summed E-state index contributed by atoms with van der Waals surface area (Å²) in [5, 5.41) is 0. The number of piperidine rings is 1. The largest absolute Gasteiger partial charge is 0.495 e. The third kappa shape index (κ3) is 4.62. The third-order valence-corrected chi connectivity index (χ3v) is 8.86. The Morgan fingerprint density at radius 2 is 1.79 bits per heavy atom. The number of carbonyl (C=O) groups excluding carboxylic acids is 1. The van der Waals surface area contributed by atoms with Crippen LogP contribution < -0.4 is 9.54 Å². The second-order valence-electron chi connectivity index (χ2n) is 8.65. The molecule has 0 aliphatic carbocycles. The van der Waals surface area contributed by atoms with Crippen molar-refractivity contribution in [3.05, 3.63) is 52.8 Å². The van der Waals surface area contributed by atoms with E-state index < -0.39 is 15.9 Å². The molecule has 0 unspecified atom stereocenters. The summed E-state index contributed by atoms with van der Waals surface area (Å²) in [5.41, 5.74) is 1.26. The number of methoxy groups -OCH3 is 1. The molecule has 7 nitrogen and oxygen atoms in total. The second-order valence-corrected chi connectivity index (χ2v) is 11.6. The molecule has 1 amide bonds. The Hall–Kier alpha value is -2.49. The van der Waals surface area contributed by atoms with E-state index >= 15 is 0 Å². The molecule has 3 aromatic rings. The van der Waals surface area contributed by atoms with Crippen LogP contribution in [0, 0.1) is 11.8 Å². The lowest BCUT2D eigenvalue weighted by Crippen LogP contribution is -2.42. The molecule has 0 saturated carbocycles. The van der Waals surface area contributed by atoms with Crippen molar-refractivity contribution in [3.63, 3.8) is 0 Å². The van der Waals surface area contributed by atoms with Crippen molar-refractivity contribution in [1.29, 1.82) is 0 Å². The van der Waals surface area contributed by atoms with Gasteiger partial charge in [-0.3, -0.25) is 4.79 Å². The van der Waals surface area contributed by atoms with Gasteiger partial charge in [-0.25, -0.2) is 8.42 Å². The van der Waals surface area contributed by atoms with E-state index in [4.69, 9.17) is 4.74 Å². The first kappa shape index (κ1) is 23.7. The van der Waals surface area contributed by atoms with E-state index in [1.54, 1.807) is 23.5 Å².